The summed E-state index contributed by atoms with van der Waals surface area (Å²) in [6, 6.07) is 3.47. The predicted molar refractivity (Wildman–Crippen MR) is 119 cm³/mol. The molecule has 176 valence electrons. The van der Waals surface area contributed by atoms with E-state index in [1.54, 1.807) is 23.8 Å². The van der Waals surface area contributed by atoms with E-state index in [0.29, 0.717) is 52.4 Å². The lowest BCUT2D eigenvalue weighted by Gasteiger charge is -2.38. The van der Waals surface area contributed by atoms with Crippen molar-refractivity contribution in [2.45, 2.75) is 39.8 Å². The van der Waals surface area contributed by atoms with Gasteiger partial charge in [-0.3, -0.25) is 14.5 Å². The van der Waals surface area contributed by atoms with Gasteiger partial charge in [0.05, 0.1) is 26.2 Å². The van der Waals surface area contributed by atoms with Crippen molar-refractivity contribution in [2.75, 3.05) is 53.0 Å². The Morgan fingerprint density at radius 3 is 2.41 bits per heavy atom. The van der Waals surface area contributed by atoms with Crippen molar-refractivity contribution >= 4 is 17.9 Å². The van der Waals surface area contributed by atoms with Crippen molar-refractivity contribution in [3.8, 4) is 5.75 Å². The number of piperazine rings is 2. The molecule has 9 nitrogen and oxygen atoms in total. The van der Waals surface area contributed by atoms with Crippen molar-refractivity contribution in [2.24, 2.45) is 0 Å². The Morgan fingerprint density at radius 1 is 1.06 bits per heavy atom. The molecule has 1 aromatic carbocycles. The quantitative estimate of drug-likeness (QED) is 0.708. The zero-order valence-electron chi connectivity index (χ0n) is 19.5. The van der Waals surface area contributed by atoms with Crippen LogP contribution >= 0.6 is 0 Å². The van der Waals surface area contributed by atoms with Crippen LogP contribution in [0.2, 0.25) is 0 Å². The molecule has 9 heteroatoms. The van der Waals surface area contributed by atoms with Gasteiger partial charge >= 0.3 is 6.09 Å². The molecule has 1 N–H and O–H groups in total. The fraction of sp³-hybridized carbons (Fsp3) is 0.609. The lowest BCUT2D eigenvalue weighted by molar-refractivity contribution is -0.140. The molecule has 0 aromatic heterocycles. The molecular weight excluding hydrogens is 412 g/mol. The number of carbonyl (C=O) groups is 3. The van der Waals surface area contributed by atoms with Gasteiger partial charge < -0.3 is 24.6 Å². The Hall–Kier alpha value is -2.81. The van der Waals surface area contributed by atoms with E-state index >= 15 is 0 Å². The average Bonchev–Trinajstić information content (AvgIpc) is 2.79. The van der Waals surface area contributed by atoms with Gasteiger partial charge in [0, 0.05) is 45.8 Å². The standard InChI is InChI=1S/C23H34N4O5/c1-5-32-23(30)26-12-10-25(11-13-26)21(28)14-19-22(29)24-8-9-27(19)15-18-6-7-20(31-4)17(3)16(18)2/h6-7,19H,5,8-15H2,1-4H3,(H,24,29)/t19-/m1/s1. The Balaban J connectivity index is 1.64. The number of nitrogens with zero attached hydrogens (tertiary/aromatic N) is 3. The number of rotatable bonds is 6. The van der Waals surface area contributed by atoms with E-state index in [2.05, 4.69) is 17.1 Å². The minimum Gasteiger partial charge on any atom is -0.496 e. The van der Waals surface area contributed by atoms with E-state index in [1.807, 2.05) is 19.1 Å². The molecule has 2 fully saturated rings. The van der Waals surface area contributed by atoms with Crippen LogP contribution in [-0.2, 0) is 20.9 Å². The molecule has 2 aliphatic rings. The second-order valence-electron chi connectivity index (χ2n) is 8.23. The van der Waals surface area contributed by atoms with Crippen LogP contribution in [0.4, 0.5) is 4.79 Å². The molecule has 0 unspecified atom stereocenters. The van der Waals surface area contributed by atoms with Crippen molar-refractivity contribution in [1.82, 2.24) is 20.0 Å². The van der Waals surface area contributed by atoms with Gasteiger partial charge in [-0.15, -0.1) is 0 Å². The Morgan fingerprint density at radius 2 is 1.75 bits per heavy atom. The fourth-order valence-corrected chi connectivity index (χ4v) is 4.28. The van der Waals surface area contributed by atoms with Crippen LogP contribution in [-0.4, -0.2) is 91.6 Å². The molecule has 32 heavy (non-hydrogen) atoms. The third-order valence-corrected chi connectivity index (χ3v) is 6.41. The maximum atomic E-state index is 13.0. The maximum absolute atomic E-state index is 13.0. The third kappa shape index (κ3) is 5.32. The number of benzene rings is 1. The van der Waals surface area contributed by atoms with Crippen LogP contribution in [0, 0.1) is 13.8 Å². The molecule has 1 aromatic rings. The normalized spacial score (nSPS) is 19.5. The topological polar surface area (TPSA) is 91.4 Å². The first-order valence-electron chi connectivity index (χ1n) is 11.2. The van der Waals surface area contributed by atoms with Crippen LogP contribution in [0.25, 0.3) is 0 Å². The highest BCUT2D eigenvalue weighted by Crippen LogP contribution is 2.26. The number of carbonyl (C=O) groups excluding carboxylic acids is 3. The molecule has 3 rings (SSSR count). The first kappa shape index (κ1) is 23.8. The minimum atomic E-state index is -0.513. The molecule has 0 bridgehead atoms. The summed E-state index contributed by atoms with van der Waals surface area (Å²) in [6.45, 7) is 9.80. The van der Waals surface area contributed by atoms with Gasteiger partial charge in [-0.05, 0) is 43.5 Å². The van der Waals surface area contributed by atoms with Gasteiger partial charge in [0.25, 0.3) is 0 Å². The minimum absolute atomic E-state index is 0.0665. The van der Waals surface area contributed by atoms with E-state index in [0.717, 1.165) is 22.4 Å². The lowest BCUT2D eigenvalue weighted by Crippen LogP contribution is -2.57. The van der Waals surface area contributed by atoms with E-state index < -0.39 is 6.04 Å². The van der Waals surface area contributed by atoms with E-state index in [4.69, 9.17) is 9.47 Å². The zero-order valence-corrected chi connectivity index (χ0v) is 19.5. The molecule has 3 amide bonds. The molecule has 2 saturated heterocycles. The van der Waals surface area contributed by atoms with Crippen molar-refractivity contribution < 1.29 is 23.9 Å². The summed E-state index contributed by atoms with van der Waals surface area (Å²) in [5.41, 5.74) is 3.34. The highest BCUT2D eigenvalue weighted by molar-refractivity contribution is 5.89. The largest absolute Gasteiger partial charge is 0.496 e. The van der Waals surface area contributed by atoms with Gasteiger partial charge in [-0.25, -0.2) is 4.79 Å². The van der Waals surface area contributed by atoms with E-state index in [9.17, 15) is 14.4 Å². The fourth-order valence-electron chi connectivity index (χ4n) is 4.28. The third-order valence-electron chi connectivity index (χ3n) is 6.41. The summed E-state index contributed by atoms with van der Waals surface area (Å²) < 4.78 is 10.4. The highest BCUT2D eigenvalue weighted by Gasteiger charge is 2.34. The van der Waals surface area contributed by atoms with Crippen LogP contribution < -0.4 is 10.1 Å². The van der Waals surface area contributed by atoms with Crippen LogP contribution in [0.5, 0.6) is 5.75 Å². The first-order valence-corrected chi connectivity index (χ1v) is 11.2. The monoisotopic (exact) mass is 446 g/mol. The average molecular weight is 447 g/mol. The predicted octanol–water partition coefficient (Wildman–Crippen LogP) is 1.30. The van der Waals surface area contributed by atoms with Gasteiger partial charge in [0.15, 0.2) is 0 Å². The summed E-state index contributed by atoms with van der Waals surface area (Å²) in [5.74, 6) is 0.664. The number of hydrogen-bond donors (Lipinski definition) is 1. The van der Waals surface area contributed by atoms with Gasteiger partial charge in [-0.2, -0.15) is 0 Å². The highest BCUT2D eigenvalue weighted by atomic mass is 16.6. The molecule has 2 aliphatic heterocycles. The molecule has 1 atom stereocenters. The smallest absolute Gasteiger partial charge is 0.409 e. The Labute approximate surface area is 189 Å². The summed E-state index contributed by atoms with van der Waals surface area (Å²) in [6.07, 6.45) is -0.220. The Kier molecular flexibility index (Phi) is 7.95. The summed E-state index contributed by atoms with van der Waals surface area (Å²) in [4.78, 5) is 43.0. The SMILES string of the molecule is CCOC(=O)N1CCN(C(=O)C[C@@H]2C(=O)NCCN2Cc2ccc(OC)c(C)c2C)CC1. The van der Waals surface area contributed by atoms with Gasteiger partial charge in [0.1, 0.15) is 5.75 Å². The number of nitrogens with one attached hydrogen (secondary N) is 1. The van der Waals surface area contributed by atoms with Crippen LogP contribution in [0.1, 0.15) is 30.0 Å². The maximum Gasteiger partial charge on any atom is 0.409 e. The summed E-state index contributed by atoms with van der Waals surface area (Å²) in [5, 5.41) is 2.90. The molecule has 0 aliphatic carbocycles. The number of ether oxygens (including phenoxy) is 2. The van der Waals surface area contributed by atoms with Crippen molar-refractivity contribution in [3.05, 3.63) is 28.8 Å². The van der Waals surface area contributed by atoms with Crippen molar-refractivity contribution in [1.29, 1.82) is 0 Å². The Bertz CT molecular complexity index is 851. The number of hydrogen-bond acceptors (Lipinski definition) is 6. The summed E-state index contributed by atoms with van der Waals surface area (Å²) in [7, 11) is 1.66. The lowest BCUT2D eigenvalue weighted by atomic mass is 10.00. The van der Waals surface area contributed by atoms with E-state index in [1.165, 1.54) is 0 Å². The van der Waals surface area contributed by atoms with Gasteiger partial charge in [-0.1, -0.05) is 6.07 Å². The van der Waals surface area contributed by atoms with Crippen LogP contribution in [0.3, 0.4) is 0 Å². The molecule has 0 saturated carbocycles. The second-order valence-corrected chi connectivity index (χ2v) is 8.23. The number of amides is 3. The molecule has 2 heterocycles. The first-order chi connectivity index (χ1) is 15.3. The van der Waals surface area contributed by atoms with Crippen molar-refractivity contribution in [3.63, 3.8) is 0 Å². The van der Waals surface area contributed by atoms with E-state index in [-0.39, 0.29) is 24.3 Å². The molecule has 0 radical (unpaired) electrons. The van der Waals surface area contributed by atoms with Crippen LogP contribution in [0.15, 0.2) is 12.1 Å². The molecule has 0 spiro atoms. The number of methoxy groups -OCH3 is 1. The molecular formula is C23H34N4O5. The van der Waals surface area contributed by atoms with Gasteiger partial charge in [0.2, 0.25) is 11.8 Å². The zero-order chi connectivity index (χ0) is 23.3. The summed E-state index contributed by atoms with van der Waals surface area (Å²) >= 11 is 0. The second kappa shape index (κ2) is 10.7.